The van der Waals surface area contributed by atoms with E-state index in [9.17, 15) is 9.59 Å². The minimum atomic E-state index is -0.0886. The van der Waals surface area contributed by atoms with Crippen molar-refractivity contribution in [2.75, 3.05) is 26.2 Å². The first-order chi connectivity index (χ1) is 8.61. The smallest absolute Gasteiger partial charge is 0.228 e. The lowest BCUT2D eigenvalue weighted by Gasteiger charge is -2.32. The number of piperidine rings is 1. The van der Waals surface area contributed by atoms with E-state index in [1.807, 2.05) is 9.80 Å². The van der Waals surface area contributed by atoms with Crippen molar-refractivity contribution in [1.82, 2.24) is 9.80 Å². The van der Waals surface area contributed by atoms with Crippen LogP contribution in [0.2, 0.25) is 0 Å². The van der Waals surface area contributed by atoms with E-state index in [0.717, 1.165) is 32.5 Å². The molecule has 2 amide bonds. The molecule has 0 aromatic rings. The third-order valence-electron chi connectivity index (χ3n) is 4.03. The predicted molar refractivity (Wildman–Crippen MR) is 70.0 cm³/mol. The first-order valence-corrected chi connectivity index (χ1v) is 7.18. The van der Waals surface area contributed by atoms with E-state index in [1.54, 1.807) is 0 Å². The summed E-state index contributed by atoms with van der Waals surface area (Å²) in [6, 6.07) is 0. The summed E-state index contributed by atoms with van der Waals surface area (Å²) in [4.78, 5) is 28.0. The van der Waals surface area contributed by atoms with Gasteiger partial charge in [-0.3, -0.25) is 9.59 Å². The SMILES string of the molecule is CCCN1C[C@H](C(=O)N2CCC[C@@H](C)C2)CC1=O. The van der Waals surface area contributed by atoms with Crippen LogP contribution < -0.4 is 0 Å². The molecule has 0 spiro atoms. The fourth-order valence-corrected chi connectivity index (χ4v) is 3.07. The highest BCUT2D eigenvalue weighted by Crippen LogP contribution is 2.23. The molecule has 4 nitrogen and oxygen atoms in total. The molecule has 0 unspecified atom stereocenters. The molecule has 2 fully saturated rings. The van der Waals surface area contributed by atoms with Gasteiger partial charge in [-0.2, -0.15) is 0 Å². The highest BCUT2D eigenvalue weighted by Gasteiger charge is 2.36. The zero-order valence-corrected chi connectivity index (χ0v) is 11.5. The largest absolute Gasteiger partial charge is 0.342 e. The Hall–Kier alpha value is -1.06. The van der Waals surface area contributed by atoms with Crippen LogP contribution in [-0.4, -0.2) is 47.8 Å². The average molecular weight is 252 g/mol. The van der Waals surface area contributed by atoms with Gasteiger partial charge < -0.3 is 9.80 Å². The van der Waals surface area contributed by atoms with Gasteiger partial charge in [-0.25, -0.2) is 0 Å². The van der Waals surface area contributed by atoms with Crippen molar-refractivity contribution in [3.05, 3.63) is 0 Å². The van der Waals surface area contributed by atoms with Gasteiger partial charge >= 0.3 is 0 Å². The second-order valence-electron chi connectivity index (χ2n) is 5.77. The van der Waals surface area contributed by atoms with Crippen LogP contribution in [-0.2, 0) is 9.59 Å². The molecule has 0 saturated carbocycles. The van der Waals surface area contributed by atoms with E-state index in [2.05, 4.69) is 13.8 Å². The Morgan fingerprint density at radius 1 is 1.39 bits per heavy atom. The molecule has 2 aliphatic rings. The van der Waals surface area contributed by atoms with E-state index in [4.69, 9.17) is 0 Å². The summed E-state index contributed by atoms with van der Waals surface area (Å²) in [7, 11) is 0. The summed E-state index contributed by atoms with van der Waals surface area (Å²) >= 11 is 0. The number of rotatable bonds is 3. The zero-order valence-electron chi connectivity index (χ0n) is 11.5. The highest BCUT2D eigenvalue weighted by atomic mass is 16.2. The van der Waals surface area contributed by atoms with Crippen LogP contribution >= 0.6 is 0 Å². The van der Waals surface area contributed by atoms with Crippen molar-refractivity contribution >= 4 is 11.8 Å². The molecule has 0 aromatic carbocycles. The van der Waals surface area contributed by atoms with Gasteiger partial charge in [0.25, 0.3) is 0 Å². The molecular formula is C14H24N2O2. The Kier molecular flexibility index (Phi) is 4.25. The number of hydrogen-bond donors (Lipinski definition) is 0. The normalized spacial score (nSPS) is 28.9. The molecule has 2 atom stereocenters. The second kappa shape index (κ2) is 5.72. The lowest BCUT2D eigenvalue weighted by molar-refractivity contribution is -0.137. The van der Waals surface area contributed by atoms with Crippen molar-refractivity contribution < 1.29 is 9.59 Å². The average Bonchev–Trinajstić information content (AvgIpc) is 2.71. The molecule has 2 rings (SSSR count). The maximum absolute atomic E-state index is 12.4. The molecule has 4 heteroatoms. The van der Waals surface area contributed by atoms with Crippen molar-refractivity contribution in [3.8, 4) is 0 Å². The molecule has 0 bridgehead atoms. The van der Waals surface area contributed by atoms with Crippen LogP contribution in [0.5, 0.6) is 0 Å². The van der Waals surface area contributed by atoms with Crippen molar-refractivity contribution in [2.45, 2.75) is 39.5 Å². The van der Waals surface area contributed by atoms with E-state index >= 15 is 0 Å². The molecule has 0 aromatic heterocycles. The third-order valence-corrected chi connectivity index (χ3v) is 4.03. The van der Waals surface area contributed by atoms with Gasteiger partial charge in [0, 0.05) is 32.6 Å². The summed E-state index contributed by atoms with van der Waals surface area (Å²) in [6.07, 6.45) is 3.71. The standard InChI is InChI=1S/C14H24N2O2/c1-3-6-15-10-12(8-13(15)17)14(18)16-7-4-5-11(2)9-16/h11-12H,3-10H2,1-2H3/t11-,12-/m1/s1. The van der Waals surface area contributed by atoms with Crippen LogP contribution in [0.1, 0.15) is 39.5 Å². The summed E-state index contributed by atoms with van der Waals surface area (Å²) < 4.78 is 0. The number of likely N-dealkylation sites (tertiary alicyclic amines) is 2. The summed E-state index contributed by atoms with van der Waals surface area (Å²) in [6.45, 7) is 7.44. The highest BCUT2D eigenvalue weighted by molar-refractivity contribution is 5.89. The van der Waals surface area contributed by atoms with Crippen LogP contribution in [0.4, 0.5) is 0 Å². The van der Waals surface area contributed by atoms with Crippen LogP contribution in [0.15, 0.2) is 0 Å². The topological polar surface area (TPSA) is 40.6 Å². The minimum absolute atomic E-state index is 0.0886. The molecule has 2 aliphatic heterocycles. The van der Waals surface area contributed by atoms with Gasteiger partial charge in [-0.15, -0.1) is 0 Å². The Balaban J connectivity index is 1.92. The van der Waals surface area contributed by atoms with Crippen LogP contribution in [0, 0.1) is 11.8 Å². The van der Waals surface area contributed by atoms with Crippen molar-refractivity contribution in [1.29, 1.82) is 0 Å². The lowest BCUT2D eigenvalue weighted by Crippen LogP contribution is -2.43. The van der Waals surface area contributed by atoms with Gasteiger partial charge in [-0.1, -0.05) is 13.8 Å². The number of carbonyl (C=O) groups is 2. The molecule has 102 valence electrons. The maximum Gasteiger partial charge on any atom is 0.228 e. The fourth-order valence-electron chi connectivity index (χ4n) is 3.07. The molecule has 18 heavy (non-hydrogen) atoms. The fraction of sp³-hybridized carbons (Fsp3) is 0.857. The van der Waals surface area contributed by atoms with Crippen molar-refractivity contribution in [3.63, 3.8) is 0 Å². The Labute approximate surface area is 109 Å². The lowest BCUT2D eigenvalue weighted by atomic mass is 9.98. The van der Waals surface area contributed by atoms with E-state index < -0.39 is 0 Å². The Morgan fingerprint density at radius 3 is 2.83 bits per heavy atom. The van der Waals surface area contributed by atoms with Crippen LogP contribution in [0.3, 0.4) is 0 Å². The maximum atomic E-state index is 12.4. The summed E-state index contributed by atoms with van der Waals surface area (Å²) in [5.41, 5.74) is 0. The monoisotopic (exact) mass is 252 g/mol. The molecule has 0 N–H and O–H groups in total. The quantitative estimate of drug-likeness (QED) is 0.764. The number of amides is 2. The van der Waals surface area contributed by atoms with Gasteiger partial charge in [0.2, 0.25) is 11.8 Å². The molecular weight excluding hydrogens is 228 g/mol. The minimum Gasteiger partial charge on any atom is -0.342 e. The summed E-state index contributed by atoms with van der Waals surface area (Å²) in [5.74, 6) is 0.870. The number of nitrogens with zero attached hydrogens (tertiary/aromatic N) is 2. The van der Waals surface area contributed by atoms with Crippen molar-refractivity contribution in [2.24, 2.45) is 11.8 Å². The van der Waals surface area contributed by atoms with E-state index in [-0.39, 0.29) is 17.7 Å². The van der Waals surface area contributed by atoms with E-state index in [1.165, 1.54) is 6.42 Å². The van der Waals surface area contributed by atoms with Gasteiger partial charge in [0.1, 0.15) is 0 Å². The molecule has 0 radical (unpaired) electrons. The van der Waals surface area contributed by atoms with Gasteiger partial charge in [0.05, 0.1) is 5.92 Å². The Morgan fingerprint density at radius 2 is 2.17 bits per heavy atom. The van der Waals surface area contributed by atoms with Gasteiger partial charge in [-0.05, 0) is 25.2 Å². The molecule has 2 saturated heterocycles. The van der Waals surface area contributed by atoms with E-state index in [0.29, 0.717) is 18.9 Å². The third kappa shape index (κ3) is 2.85. The number of hydrogen-bond acceptors (Lipinski definition) is 2. The molecule has 0 aliphatic carbocycles. The Bertz CT molecular complexity index is 330. The van der Waals surface area contributed by atoms with Crippen LogP contribution in [0.25, 0.3) is 0 Å². The van der Waals surface area contributed by atoms with Gasteiger partial charge in [0.15, 0.2) is 0 Å². The zero-order chi connectivity index (χ0) is 13.1. The predicted octanol–water partition coefficient (Wildman–Crippen LogP) is 1.50. The molecule has 2 heterocycles. The summed E-state index contributed by atoms with van der Waals surface area (Å²) in [5, 5.41) is 0. The second-order valence-corrected chi connectivity index (χ2v) is 5.77. The first kappa shape index (κ1) is 13.4. The number of carbonyl (C=O) groups excluding carboxylic acids is 2. The first-order valence-electron chi connectivity index (χ1n) is 7.18.